The minimum Gasteiger partial charge on any atom is -0.383 e. The third-order valence-corrected chi connectivity index (χ3v) is 8.11. The molecule has 2 aliphatic rings. The van der Waals surface area contributed by atoms with E-state index in [4.69, 9.17) is 32.7 Å². The van der Waals surface area contributed by atoms with Crippen LogP contribution in [0.3, 0.4) is 0 Å². The number of halogens is 3. The number of benzene rings is 2. The molecular formula is C29H37Cl2FN4O4. The quantitative estimate of drug-likeness (QED) is 0.449. The monoisotopic (exact) mass is 594 g/mol. The summed E-state index contributed by atoms with van der Waals surface area (Å²) in [5.41, 5.74) is 2.46. The van der Waals surface area contributed by atoms with Gasteiger partial charge in [0.05, 0.1) is 19.3 Å². The van der Waals surface area contributed by atoms with Crippen LogP contribution in [0.1, 0.15) is 30.5 Å². The van der Waals surface area contributed by atoms with Gasteiger partial charge in [-0.25, -0.2) is 4.39 Å². The van der Waals surface area contributed by atoms with E-state index in [1.165, 1.54) is 12.1 Å². The van der Waals surface area contributed by atoms with Crippen molar-refractivity contribution < 1.29 is 23.5 Å². The van der Waals surface area contributed by atoms with Crippen LogP contribution in [0.2, 0.25) is 10.0 Å². The van der Waals surface area contributed by atoms with Gasteiger partial charge in [0.1, 0.15) is 11.9 Å². The van der Waals surface area contributed by atoms with E-state index in [0.29, 0.717) is 87.5 Å². The van der Waals surface area contributed by atoms with Crippen LogP contribution in [0.15, 0.2) is 36.4 Å². The summed E-state index contributed by atoms with van der Waals surface area (Å²) in [7, 11) is 1.59. The Labute approximate surface area is 245 Å². The minimum atomic E-state index is -0.595. The third kappa shape index (κ3) is 7.64. The molecule has 0 bridgehead atoms. The first-order valence-corrected chi connectivity index (χ1v) is 14.4. The van der Waals surface area contributed by atoms with Crippen molar-refractivity contribution in [3.63, 3.8) is 0 Å². The maximum Gasteiger partial charge on any atom is 0.253 e. The van der Waals surface area contributed by atoms with Gasteiger partial charge in [-0.05, 0) is 49.2 Å². The molecule has 2 fully saturated rings. The highest BCUT2D eigenvalue weighted by Crippen LogP contribution is 2.32. The minimum absolute atomic E-state index is 0.0655. The number of morpholine rings is 1. The number of nitrogens with zero attached hydrogens (tertiary/aromatic N) is 3. The van der Waals surface area contributed by atoms with Crippen molar-refractivity contribution in [2.75, 3.05) is 71.0 Å². The number of carbonyl (C=O) groups excluding carboxylic acids is 2. The number of aryl methyl sites for hydroxylation is 1. The SMILES string of the molecule is COCCN(C(=O)C1CNCCO1)C(C)c1cc(F)ccc1N1CCN(C(=O)CCc2ccc(Cl)cc2Cl)CC1. The van der Waals surface area contributed by atoms with Gasteiger partial charge >= 0.3 is 0 Å². The van der Waals surface area contributed by atoms with Crippen LogP contribution in [0.5, 0.6) is 0 Å². The van der Waals surface area contributed by atoms with Crippen LogP contribution < -0.4 is 10.2 Å². The predicted octanol–water partition coefficient (Wildman–Crippen LogP) is 3.94. The second-order valence-electron chi connectivity index (χ2n) is 10.1. The van der Waals surface area contributed by atoms with Crippen molar-refractivity contribution in [1.29, 1.82) is 0 Å². The summed E-state index contributed by atoms with van der Waals surface area (Å²) in [5.74, 6) is -0.450. The molecule has 2 heterocycles. The Morgan fingerprint density at radius 2 is 1.95 bits per heavy atom. The second kappa shape index (κ2) is 14.5. The zero-order chi connectivity index (χ0) is 28.6. The summed E-state index contributed by atoms with van der Waals surface area (Å²) in [5, 5.41) is 4.33. The predicted molar refractivity (Wildman–Crippen MR) is 155 cm³/mol. The van der Waals surface area contributed by atoms with E-state index in [-0.39, 0.29) is 17.6 Å². The molecule has 2 unspecified atom stereocenters. The van der Waals surface area contributed by atoms with Crippen LogP contribution in [0.4, 0.5) is 10.1 Å². The highest BCUT2D eigenvalue weighted by atomic mass is 35.5. The first-order valence-electron chi connectivity index (χ1n) is 13.7. The number of nitrogens with one attached hydrogen (secondary N) is 1. The number of rotatable bonds is 10. The van der Waals surface area contributed by atoms with Gasteiger partial charge in [-0.1, -0.05) is 29.3 Å². The Balaban J connectivity index is 1.43. The average molecular weight is 596 g/mol. The van der Waals surface area contributed by atoms with Gasteiger partial charge in [0.15, 0.2) is 0 Å². The second-order valence-corrected chi connectivity index (χ2v) is 10.9. The zero-order valence-electron chi connectivity index (χ0n) is 23.0. The Kier molecular flexibility index (Phi) is 11.0. The first-order chi connectivity index (χ1) is 19.3. The largest absolute Gasteiger partial charge is 0.383 e. The van der Waals surface area contributed by atoms with E-state index in [2.05, 4.69) is 10.2 Å². The highest BCUT2D eigenvalue weighted by molar-refractivity contribution is 6.35. The van der Waals surface area contributed by atoms with Gasteiger partial charge < -0.3 is 29.5 Å². The molecule has 2 aromatic carbocycles. The molecule has 40 heavy (non-hydrogen) atoms. The van der Waals surface area contributed by atoms with E-state index in [1.54, 1.807) is 30.2 Å². The Morgan fingerprint density at radius 3 is 2.62 bits per heavy atom. The number of piperazine rings is 1. The molecule has 2 aliphatic heterocycles. The van der Waals surface area contributed by atoms with Crippen LogP contribution >= 0.6 is 23.2 Å². The van der Waals surface area contributed by atoms with Gasteiger partial charge in [0.2, 0.25) is 5.91 Å². The van der Waals surface area contributed by atoms with E-state index < -0.39 is 12.1 Å². The molecule has 4 rings (SSSR count). The van der Waals surface area contributed by atoms with E-state index in [0.717, 1.165) is 11.3 Å². The lowest BCUT2D eigenvalue weighted by atomic mass is 10.0. The zero-order valence-corrected chi connectivity index (χ0v) is 24.5. The molecule has 2 amide bonds. The van der Waals surface area contributed by atoms with Crippen molar-refractivity contribution in [3.8, 4) is 0 Å². The fourth-order valence-electron chi connectivity index (χ4n) is 5.23. The first kappa shape index (κ1) is 30.5. The summed E-state index contributed by atoms with van der Waals surface area (Å²) in [6.45, 7) is 6.50. The lowest BCUT2D eigenvalue weighted by Crippen LogP contribution is -2.51. The number of hydrogen-bond acceptors (Lipinski definition) is 6. The maximum absolute atomic E-state index is 14.5. The van der Waals surface area contributed by atoms with Crippen molar-refractivity contribution in [2.45, 2.75) is 31.9 Å². The van der Waals surface area contributed by atoms with Gasteiger partial charge in [-0.15, -0.1) is 0 Å². The molecule has 0 saturated carbocycles. The van der Waals surface area contributed by atoms with Gasteiger partial charge in [-0.2, -0.15) is 0 Å². The standard InChI is InChI=1S/C29H37Cl2FN4O4/c1-20(36(14-16-39-2)29(38)27-19-33-9-15-40-27)24-18-23(32)6-7-26(24)34-10-12-35(13-11-34)28(37)8-4-21-3-5-22(30)17-25(21)31/h3,5-7,17-18,20,27,33H,4,8-16,19H2,1-2H3. The fourth-order valence-corrected chi connectivity index (χ4v) is 5.73. The molecule has 2 atom stereocenters. The van der Waals surface area contributed by atoms with Crippen molar-refractivity contribution >= 4 is 40.7 Å². The lowest BCUT2D eigenvalue weighted by molar-refractivity contribution is -0.148. The summed E-state index contributed by atoms with van der Waals surface area (Å²) < 4.78 is 25.5. The molecule has 0 radical (unpaired) electrons. The summed E-state index contributed by atoms with van der Waals surface area (Å²) in [6.07, 6.45) is 0.303. The summed E-state index contributed by atoms with van der Waals surface area (Å²) in [4.78, 5) is 32.1. The van der Waals surface area contributed by atoms with Crippen molar-refractivity contribution in [3.05, 3.63) is 63.4 Å². The summed E-state index contributed by atoms with van der Waals surface area (Å²) >= 11 is 12.2. The number of amides is 2. The van der Waals surface area contributed by atoms with Crippen molar-refractivity contribution in [1.82, 2.24) is 15.1 Å². The topological polar surface area (TPSA) is 74.3 Å². The molecule has 1 N–H and O–H groups in total. The van der Waals surface area contributed by atoms with E-state index in [1.807, 2.05) is 17.9 Å². The Hall–Kier alpha value is -2.43. The highest BCUT2D eigenvalue weighted by Gasteiger charge is 2.32. The number of ether oxygens (including phenoxy) is 2. The molecular weight excluding hydrogens is 558 g/mol. The molecule has 2 aromatic rings. The maximum atomic E-state index is 14.5. The molecule has 218 valence electrons. The molecule has 11 heteroatoms. The molecule has 0 aromatic heterocycles. The van der Waals surface area contributed by atoms with Crippen LogP contribution in [0.25, 0.3) is 0 Å². The number of methoxy groups -OCH3 is 1. The van der Waals surface area contributed by atoms with Crippen molar-refractivity contribution in [2.24, 2.45) is 0 Å². The van der Waals surface area contributed by atoms with E-state index >= 15 is 0 Å². The average Bonchev–Trinajstić information content (AvgIpc) is 2.97. The Bertz CT molecular complexity index is 1170. The van der Waals surface area contributed by atoms with Gasteiger partial charge in [-0.3, -0.25) is 9.59 Å². The lowest BCUT2D eigenvalue weighted by Gasteiger charge is -2.39. The van der Waals surface area contributed by atoms with Crippen LogP contribution in [-0.4, -0.2) is 93.9 Å². The Morgan fingerprint density at radius 1 is 1.18 bits per heavy atom. The van der Waals surface area contributed by atoms with Crippen LogP contribution in [0, 0.1) is 5.82 Å². The number of anilines is 1. The number of hydrogen-bond donors (Lipinski definition) is 1. The molecule has 0 aliphatic carbocycles. The summed E-state index contributed by atoms with van der Waals surface area (Å²) in [6, 6.07) is 9.60. The smallest absolute Gasteiger partial charge is 0.253 e. The third-order valence-electron chi connectivity index (χ3n) is 7.53. The fraction of sp³-hybridized carbons (Fsp3) is 0.517. The molecule has 2 saturated heterocycles. The van der Waals surface area contributed by atoms with Gasteiger partial charge in [0.25, 0.3) is 5.91 Å². The molecule has 8 nitrogen and oxygen atoms in total. The van der Waals surface area contributed by atoms with E-state index in [9.17, 15) is 14.0 Å². The van der Waals surface area contributed by atoms with Gasteiger partial charge in [0, 0.05) is 80.6 Å². The molecule has 0 spiro atoms. The number of carbonyl (C=O) groups is 2. The normalized spacial score (nSPS) is 18.5. The van der Waals surface area contributed by atoms with Crippen LogP contribution in [-0.2, 0) is 25.5 Å².